The van der Waals surface area contributed by atoms with Crippen LogP contribution in [0.4, 0.5) is 0 Å². The van der Waals surface area contributed by atoms with E-state index in [4.69, 9.17) is 15.0 Å². The molecule has 5 nitrogen and oxygen atoms in total. The Kier molecular flexibility index (Phi) is 9.43. The molecule has 0 atom stereocenters. The lowest BCUT2D eigenvalue weighted by Crippen LogP contribution is -2.00. The average molecular weight is 868 g/mol. The normalized spacial score (nSPS) is 11.5. The van der Waals surface area contributed by atoms with Crippen LogP contribution in [-0.2, 0) is 0 Å². The van der Waals surface area contributed by atoms with Gasteiger partial charge in [-0.05, 0) is 106 Å². The second-order valence-corrected chi connectivity index (χ2v) is 17.2. The first-order chi connectivity index (χ1) is 33.7. The van der Waals surface area contributed by atoms with E-state index in [0.29, 0.717) is 17.5 Å². The van der Waals surface area contributed by atoms with Gasteiger partial charge in [0.05, 0.1) is 22.1 Å². The van der Waals surface area contributed by atoms with Gasteiger partial charge in [-0.3, -0.25) is 0 Å². The van der Waals surface area contributed by atoms with Crippen molar-refractivity contribution in [3.8, 4) is 78.9 Å². The lowest BCUT2D eigenvalue weighted by Gasteiger charge is -2.11. The van der Waals surface area contributed by atoms with Crippen molar-refractivity contribution in [2.24, 2.45) is 0 Å². The van der Waals surface area contributed by atoms with Gasteiger partial charge in [0, 0.05) is 49.6 Å². The summed E-state index contributed by atoms with van der Waals surface area (Å²) in [4.78, 5) is 14.8. The highest BCUT2D eigenvalue weighted by Gasteiger charge is 2.18. The zero-order valence-electron chi connectivity index (χ0n) is 36.9. The molecule has 10 aromatic carbocycles. The van der Waals surface area contributed by atoms with E-state index in [1.165, 1.54) is 66.0 Å². The van der Waals surface area contributed by atoms with E-state index in [-0.39, 0.29) is 0 Å². The Morgan fingerprint density at radius 1 is 0.206 bits per heavy atom. The van der Waals surface area contributed by atoms with Crippen LogP contribution in [0.1, 0.15) is 0 Å². The van der Waals surface area contributed by atoms with Gasteiger partial charge in [-0.1, -0.05) is 176 Å². The quantitative estimate of drug-likeness (QED) is 0.153. The molecule has 3 heterocycles. The average Bonchev–Trinajstić information content (AvgIpc) is 3.94. The van der Waals surface area contributed by atoms with Gasteiger partial charge < -0.3 is 9.13 Å². The van der Waals surface area contributed by atoms with E-state index in [9.17, 15) is 0 Å². The first kappa shape index (κ1) is 39.2. The topological polar surface area (TPSA) is 48.5 Å². The fourth-order valence-electron chi connectivity index (χ4n) is 9.85. The minimum atomic E-state index is 0.634. The Bertz CT molecular complexity index is 3910. The molecule has 3 aromatic heterocycles. The Hall–Kier alpha value is -9.19. The Labute approximate surface area is 393 Å². The van der Waals surface area contributed by atoms with E-state index in [1.54, 1.807) is 0 Å². The van der Waals surface area contributed by atoms with Crippen molar-refractivity contribution in [1.82, 2.24) is 24.1 Å². The molecular weight excluding hydrogens is 827 g/mol. The molecule has 318 valence electrons. The molecule has 13 rings (SSSR count). The fraction of sp³-hybridized carbons (Fsp3) is 0. The van der Waals surface area contributed by atoms with Crippen LogP contribution in [0.3, 0.4) is 0 Å². The number of benzene rings is 10. The maximum Gasteiger partial charge on any atom is 0.164 e. The van der Waals surface area contributed by atoms with Crippen molar-refractivity contribution in [2.75, 3.05) is 0 Å². The summed E-state index contributed by atoms with van der Waals surface area (Å²) in [6.07, 6.45) is 0. The zero-order chi connectivity index (χ0) is 45.0. The zero-order valence-corrected chi connectivity index (χ0v) is 36.9. The Balaban J connectivity index is 0.847. The Morgan fingerprint density at radius 2 is 0.485 bits per heavy atom. The minimum Gasteiger partial charge on any atom is -0.309 e. The summed E-state index contributed by atoms with van der Waals surface area (Å²) in [5, 5.41) is 4.87. The van der Waals surface area contributed by atoms with Gasteiger partial charge in [-0.15, -0.1) is 0 Å². The molecule has 0 bridgehead atoms. The molecule has 0 aliphatic rings. The first-order valence-corrected chi connectivity index (χ1v) is 23.0. The third-order valence-corrected chi connectivity index (χ3v) is 13.2. The van der Waals surface area contributed by atoms with Crippen LogP contribution >= 0.6 is 0 Å². The van der Waals surface area contributed by atoms with Gasteiger partial charge in [0.15, 0.2) is 17.5 Å². The molecule has 13 aromatic rings. The number of rotatable bonds is 8. The predicted octanol–water partition coefficient (Wildman–Crippen LogP) is 16.1. The summed E-state index contributed by atoms with van der Waals surface area (Å²) in [5.41, 5.74) is 16.9. The van der Waals surface area contributed by atoms with Crippen LogP contribution in [0.5, 0.6) is 0 Å². The molecule has 0 aliphatic heterocycles. The molecule has 0 saturated heterocycles. The van der Waals surface area contributed by atoms with Crippen molar-refractivity contribution in [1.29, 1.82) is 0 Å². The monoisotopic (exact) mass is 867 g/mol. The highest BCUT2D eigenvalue weighted by atomic mass is 15.0. The molecule has 0 unspecified atom stereocenters. The lowest BCUT2D eigenvalue weighted by atomic mass is 10.00. The van der Waals surface area contributed by atoms with Crippen molar-refractivity contribution in [3.63, 3.8) is 0 Å². The van der Waals surface area contributed by atoms with Crippen molar-refractivity contribution in [3.05, 3.63) is 249 Å². The standard InChI is InChI=1S/C63H41N5/c1-4-14-42(15-5-1)43-24-26-44(27-25-43)45-28-34-51(35-29-45)67-57-22-12-10-20-53(57)55-40-49(32-38-59(55)67)50-33-39-60-56(41-50)54-21-11-13-23-58(54)68(60)52-36-30-48(31-37-52)63-65-61(46-16-6-2-7-17-46)64-62(66-63)47-18-8-3-9-19-47/h1-41H. The van der Waals surface area contributed by atoms with Crippen LogP contribution in [0.15, 0.2) is 249 Å². The minimum absolute atomic E-state index is 0.634. The van der Waals surface area contributed by atoms with Crippen LogP contribution in [0.2, 0.25) is 0 Å². The predicted molar refractivity (Wildman–Crippen MR) is 281 cm³/mol. The van der Waals surface area contributed by atoms with Gasteiger partial charge in [0.1, 0.15) is 0 Å². The van der Waals surface area contributed by atoms with Crippen molar-refractivity contribution < 1.29 is 0 Å². The summed E-state index contributed by atoms with van der Waals surface area (Å²) in [7, 11) is 0. The van der Waals surface area contributed by atoms with Gasteiger partial charge >= 0.3 is 0 Å². The fourth-order valence-corrected chi connectivity index (χ4v) is 9.85. The SMILES string of the molecule is c1ccc(-c2ccc(-c3ccc(-n4c5ccccc5c5cc(-c6ccc7c(c6)c6ccccc6n7-c6ccc(-c7nc(-c8ccccc8)nc(-c8ccccc8)n7)cc6)ccc54)cc3)cc2)cc1. The number of fused-ring (bicyclic) bond motifs is 6. The van der Waals surface area contributed by atoms with Crippen LogP contribution in [0, 0.1) is 0 Å². The summed E-state index contributed by atoms with van der Waals surface area (Å²) in [6, 6.07) is 88.4. The summed E-state index contributed by atoms with van der Waals surface area (Å²) in [5.74, 6) is 1.93. The van der Waals surface area contributed by atoms with E-state index in [0.717, 1.165) is 39.1 Å². The third kappa shape index (κ3) is 6.84. The molecule has 0 N–H and O–H groups in total. The number of hydrogen-bond acceptors (Lipinski definition) is 3. The molecule has 0 radical (unpaired) electrons. The van der Waals surface area contributed by atoms with Crippen LogP contribution in [0.25, 0.3) is 123 Å². The number of para-hydroxylation sites is 2. The largest absolute Gasteiger partial charge is 0.309 e. The number of nitrogens with zero attached hydrogens (tertiary/aromatic N) is 5. The van der Waals surface area contributed by atoms with E-state index in [1.807, 2.05) is 60.7 Å². The van der Waals surface area contributed by atoms with E-state index < -0.39 is 0 Å². The molecule has 5 heteroatoms. The second kappa shape index (κ2) is 16.4. The molecule has 0 saturated carbocycles. The highest BCUT2D eigenvalue weighted by Crippen LogP contribution is 2.39. The summed E-state index contributed by atoms with van der Waals surface area (Å²) >= 11 is 0. The maximum atomic E-state index is 4.98. The molecule has 68 heavy (non-hydrogen) atoms. The van der Waals surface area contributed by atoms with Gasteiger partial charge in [-0.25, -0.2) is 15.0 Å². The smallest absolute Gasteiger partial charge is 0.164 e. The summed E-state index contributed by atoms with van der Waals surface area (Å²) in [6.45, 7) is 0. The Morgan fingerprint density at radius 3 is 0.897 bits per heavy atom. The van der Waals surface area contributed by atoms with Crippen molar-refractivity contribution in [2.45, 2.75) is 0 Å². The maximum absolute atomic E-state index is 4.98. The third-order valence-electron chi connectivity index (χ3n) is 13.2. The second-order valence-electron chi connectivity index (χ2n) is 17.2. The first-order valence-electron chi connectivity index (χ1n) is 23.0. The van der Waals surface area contributed by atoms with Crippen LogP contribution in [-0.4, -0.2) is 24.1 Å². The molecule has 0 aliphatic carbocycles. The number of hydrogen-bond donors (Lipinski definition) is 0. The van der Waals surface area contributed by atoms with Crippen LogP contribution < -0.4 is 0 Å². The lowest BCUT2D eigenvalue weighted by molar-refractivity contribution is 1.07. The van der Waals surface area contributed by atoms with E-state index >= 15 is 0 Å². The molecule has 0 amide bonds. The molecule has 0 spiro atoms. The number of aromatic nitrogens is 5. The van der Waals surface area contributed by atoms with Gasteiger partial charge in [-0.2, -0.15) is 0 Å². The summed E-state index contributed by atoms with van der Waals surface area (Å²) < 4.78 is 4.75. The molecular formula is C63H41N5. The molecule has 0 fully saturated rings. The van der Waals surface area contributed by atoms with Gasteiger partial charge in [0.25, 0.3) is 0 Å². The van der Waals surface area contributed by atoms with Crippen molar-refractivity contribution >= 4 is 43.6 Å². The highest BCUT2D eigenvalue weighted by molar-refractivity contribution is 6.12. The van der Waals surface area contributed by atoms with Gasteiger partial charge in [0.2, 0.25) is 0 Å². The van der Waals surface area contributed by atoms with E-state index in [2.05, 4.69) is 197 Å².